The molecule has 0 spiro atoms. The standard InChI is InChI=1S/C14H13F3N2O/c15-14(16,17)9-1-2-11-12(7-9)18-5-3-13(11)19-6-4-10(20)8-19/h1-3,5,7,10,20H,4,6,8H2/t10-/m0/s1. The predicted molar refractivity (Wildman–Crippen MR) is 69.6 cm³/mol. The van der Waals surface area contributed by atoms with Gasteiger partial charge in [0.05, 0.1) is 17.2 Å². The van der Waals surface area contributed by atoms with Crippen LogP contribution in [0.5, 0.6) is 0 Å². The van der Waals surface area contributed by atoms with Crippen LogP contribution in [0.25, 0.3) is 10.9 Å². The van der Waals surface area contributed by atoms with Crippen LogP contribution in [0, 0.1) is 0 Å². The molecule has 0 saturated carbocycles. The Morgan fingerprint density at radius 3 is 2.70 bits per heavy atom. The summed E-state index contributed by atoms with van der Waals surface area (Å²) >= 11 is 0. The van der Waals surface area contributed by atoms with Crippen LogP contribution in [0.4, 0.5) is 18.9 Å². The average Bonchev–Trinajstić information content (AvgIpc) is 2.83. The minimum Gasteiger partial charge on any atom is -0.391 e. The van der Waals surface area contributed by atoms with Gasteiger partial charge in [-0.05, 0) is 24.6 Å². The summed E-state index contributed by atoms with van der Waals surface area (Å²) in [5, 5.41) is 10.3. The molecule has 1 aliphatic heterocycles. The zero-order valence-corrected chi connectivity index (χ0v) is 10.6. The number of alkyl halides is 3. The molecule has 0 amide bonds. The Bertz CT molecular complexity index is 642. The molecule has 1 fully saturated rings. The molecular weight excluding hydrogens is 269 g/mol. The lowest BCUT2D eigenvalue weighted by Gasteiger charge is -2.20. The predicted octanol–water partition coefficient (Wildman–Crippen LogP) is 2.82. The Morgan fingerprint density at radius 1 is 1.25 bits per heavy atom. The van der Waals surface area contributed by atoms with E-state index in [0.717, 1.165) is 17.8 Å². The lowest BCUT2D eigenvalue weighted by atomic mass is 10.1. The van der Waals surface area contributed by atoms with Gasteiger partial charge in [-0.1, -0.05) is 6.07 Å². The fourth-order valence-corrected chi connectivity index (χ4v) is 2.55. The highest BCUT2D eigenvalue weighted by atomic mass is 19.4. The minimum atomic E-state index is -4.37. The van der Waals surface area contributed by atoms with Crippen LogP contribution in [0.3, 0.4) is 0 Å². The first kappa shape index (κ1) is 13.2. The Hall–Kier alpha value is -1.82. The van der Waals surface area contributed by atoms with Crippen LogP contribution >= 0.6 is 0 Å². The molecule has 2 heterocycles. The van der Waals surface area contributed by atoms with Crippen molar-refractivity contribution < 1.29 is 18.3 Å². The molecule has 3 rings (SSSR count). The van der Waals surface area contributed by atoms with Gasteiger partial charge in [-0.15, -0.1) is 0 Å². The second kappa shape index (κ2) is 4.63. The first-order chi connectivity index (χ1) is 9.45. The molecule has 0 aliphatic carbocycles. The Kier molecular flexibility index (Phi) is 3.05. The summed E-state index contributed by atoms with van der Waals surface area (Å²) in [6.07, 6.45) is -2.57. The Labute approximate surface area is 113 Å². The van der Waals surface area contributed by atoms with E-state index in [0.29, 0.717) is 30.4 Å². The van der Waals surface area contributed by atoms with Crippen LogP contribution < -0.4 is 4.90 Å². The fraction of sp³-hybridized carbons (Fsp3) is 0.357. The number of fused-ring (bicyclic) bond motifs is 1. The molecule has 106 valence electrons. The van der Waals surface area contributed by atoms with Crippen molar-refractivity contribution >= 4 is 16.6 Å². The average molecular weight is 282 g/mol. The van der Waals surface area contributed by atoms with Gasteiger partial charge in [0.15, 0.2) is 0 Å². The number of aliphatic hydroxyl groups excluding tert-OH is 1. The molecule has 20 heavy (non-hydrogen) atoms. The zero-order chi connectivity index (χ0) is 14.3. The summed E-state index contributed by atoms with van der Waals surface area (Å²) < 4.78 is 38.1. The van der Waals surface area contributed by atoms with E-state index in [1.54, 1.807) is 6.07 Å². The van der Waals surface area contributed by atoms with Gasteiger partial charge in [0.25, 0.3) is 0 Å². The summed E-state index contributed by atoms with van der Waals surface area (Å²) in [4.78, 5) is 5.99. The number of anilines is 1. The van der Waals surface area contributed by atoms with Gasteiger partial charge < -0.3 is 10.0 Å². The second-order valence-corrected chi connectivity index (χ2v) is 4.95. The molecule has 3 nitrogen and oxygen atoms in total. The first-order valence-electron chi connectivity index (χ1n) is 6.34. The highest BCUT2D eigenvalue weighted by Gasteiger charge is 2.31. The number of pyridine rings is 1. The van der Waals surface area contributed by atoms with Crippen LogP contribution in [-0.2, 0) is 6.18 Å². The van der Waals surface area contributed by atoms with Gasteiger partial charge in [0, 0.05) is 30.4 Å². The molecular formula is C14H13F3N2O. The van der Waals surface area contributed by atoms with Crippen LogP contribution in [0.2, 0.25) is 0 Å². The molecule has 1 N–H and O–H groups in total. The van der Waals surface area contributed by atoms with Gasteiger partial charge in [-0.3, -0.25) is 4.98 Å². The van der Waals surface area contributed by atoms with Gasteiger partial charge in [0.1, 0.15) is 0 Å². The van der Waals surface area contributed by atoms with Crippen molar-refractivity contribution in [3.8, 4) is 0 Å². The summed E-state index contributed by atoms with van der Waals surface area (Å²) in [7, 11) is 0. The molecule has 2 aromatic rings. The monoisotopic (exact) mass is 282 g/mol. The number of β-amino-alcohol motifs (C(OH)–C–C–N with tert-alkyl or cyclic N) is 1. The van der Waals surface area contributed by atoms with Crippen molar-refractivity contribution in [2.75, 3.05) is 18.0 Å². The molecule has 1 aromatic heterocycles. The number of halogens is 3. The van der Waals surface area contributed by atoms with Gasteiger partial charge in [0.2, 0.25) is 0 Å². The lowest BCUT2D eigenvalue weighted by Crippen LogP contribution is -2.21. The molecule has 0 unspecified atom stereocenters. The maximum absolute atomic E-state index is 12.7. The largest absolute Gasteiger partial charge is 0.416 e. The number of aliphatic hydroxyl groups is 1. The van der Waals surface area contributed by atoms with Gasteiger partial charge in [-0.25, -0.2) is 0 Å². The van der Waals surface area contributed by atoms with E-state index in [1.165, 1.54) is 12.3 Å². The molecule has 0 radical (unpaired) electrons. The maximum Gasteiger partial charge on any atom is 0.416 e. The summed E-state index contributed by atoms with van der Waals surface area (Å²) in [5.41, 5.74) is 0.440. The quantitative estimate of drug-likeness (QED) is 0.873. The van der Waals surface area contributed by atoms with Crippen molar-refractivity contribution in [3.63, 3.8) is 0 Å². The van der Waals surface area contributed by atoms with E-state index >= 15 is 0 Å². The Balaban J connectivity index is 2.07. The summed E-state index contributed by atoms with van der Waals surface area (Å²) in [6.45, 7) is 1.20. The smallest absolute Gasteiger partial charge is 0.391 e. The third-order valence-corrected chi connectivity index (χ3v) is 3.55. The topological polar surface area (TPSA) is 36.4 Å². The van der Waals surface area contributed by atoms with Crippen molar-refractivity contribution in [1.82, 2.24) is 4.98 Å². The van der Waals surface area contributed by atoms with Crippen molar-refractivity contribution in [1.29, 1.82) is 0 Å². The number of rotatable bonds is 1. The van der Waals surface area contributed by atoms with Crippen LogP contribution in [0.1, 0.15) is 12.0 Å². The molecule has 1 atom stereocenters. The van der Waals surface area contributed by atoms with Gasteiger partial charge >= 0.3 is 6.18 Å². The van der Waals surface area contributed by atoms with Crippen molar-refractivity contribution in [2.45, 2.75) is 18.7 Å². The molecule has 1 saturated heterocycles. The molecule has 1 aromatic carbocycles. The minimum absolute atomic E-state index is 0.318. The number of benzene rings is 1. The molecule has 1 aliphatic rings. The highest BCUT2D eigenvalue weighted by molar-refractivity contribution is 5.92. The van der Waals surface area contributed by atoms with Gasteiger partial charge in [-0.2, -0.15) is 13.2 Å². The zero-order valence-electron chi connectivity index (χ0n) is 10.6. The number of nitrogens with zero attached hydrogens (tertiary/aromatic N) is 2. The van der Waals surface area contributed by atoms with E-state index in [4.69, 9.17) is 0 Å². The van der Waals surface area contributed by atoms with Crippen molar-refractivity contribution in [3.05, 3.63) is 36.0 Å². The van der Waals surface area contributed by atoms with Crippen LogP contribution in [0.15, 0.2) is 30.5 Å². The Morgan fingerprint density at radius 2 is 2.05 bits per heavy atom. The van der Waals surface area contributed by atoms with Crippen molar-refractivity contribution in [2.24, 2.45) is 0 Å². The van der Waals surface area contributed by atoms with E-state index in [2.05, 4.69) is 4.98 Å². The van der Waals surface area contributed by atoms with E-state index in [1.807, 2.05) is 4.90 Å². The summed E-state index contributed by atoms with van der Waals surface area (Å²) in [6, 6.07) is 5.35. The second-order valence-electron chi connectivity index (χ2n) is 4.95. The molecule has 6 heteroatoms. The normalized spacial score (nSPS) is 19.8. The SMILES string of the molecule is O[C@H]1CCN(c2ccnc3cc(C(F)(F)F)ccc23)C1. The lowest BCUT2D eigenvalue weighted by molar-refractivity contribution is -0.137. The molecule has 0 bridgehead atoms. The fourth-order valence-electron chi connectivity index (χ4n) is 2.55. The van der Waals surface area contributed by atoms with E-state index < -0.39 is 11.7 Å². The number of hydrogen-bond acceptors (Lipinski definition) is 3. The number of hydrogen-bond donors (Lipinski definition) is 1. The third kappa shape index (κ3) is 2.31. The van der Waals surface area contributed by atoms with Crippen LogP contribution in [-0.4, -0.2) is 29.3 Å². The van der Waals surface area contributed by atoms with E-state index in [9.17, 15) is 18.3 Å². The van der Waals surface area contributed by atoms with E-state index in [-0.39, 0.29) is 6.10 Å². The third-order valence-electron chi connectivity index (χ3n) is 3.55. The number of aromatic nitrogens is 1. The maximum atomic E-state index is 12.7. The first-order valence-corrected chi connectivity index (χ1v) is 6.34. The highest BCUT2D eigenvalue weighted by Crippen LogP contribution is 2.34. The summed E-state index contributed by atoms with van der Waals surface area (Å²) in [5.74, 6) is 0.